The van der Waals surface area contributed by atoms with Crippen molar-refractivity contribution in [2.24, 2.45) is 11.8 Å². The second-order valence-electron chi connectivity index (χ2n) is 8.86. The summed E-state index contributed by atoms with van der Waals surface area (Å²) < 4.78 is 0. The molecule has 1 saturated heterocycles. The van der Waals surface area contributed by atoms with Gasteiger partial charge in [0.05, 0.1) is 4.99 Å². The van der Waals surface area contributed by atoms with Crippen molar-refractivity contribution in [3.63, 3.8) is 0 Å². The van der Waals surface area contributed by atoms with Gasteiger partial charge in [-0.3, -0.25) is 9.59 Å². The number of hydrogen-bond acceptors (Lipinski definition) is 3. The molecule has 0 aliphatic carbocycles. The Morgan fingerprint density at radius 3 is 1.82 bits per heavy atom. The Morgan fingerprint density at radius 2 is 1.36 bits per heavy atom. The van der Waals surface area contributed by atoms with Gasteiger partial charge in [0.15, 0.2) is 0 Å². The lowest BCUT2D eigenvalue weighted by molar-refractivity contribution is -0.130. The number of unbranched alkanes of at least 4 members (excludes halogenated alkanes) is 12. The van der Waals surface area contributed by atoms with Crippen LogP contribution in [0, 0.1) is 11.8 Å². The van der Waals surface area contributed by atoms with Crippen LogP contribution in [0.5, 0.6) is 0 Å². The summed E-state index contributed by atoms with van der Waals surface area (Å²) in [4.78, 5) is 26.9. The molecule has 3 nitrogen and oxygen atoms in total. The monoisotopic (exact) mass is 409 g/mol. The fourth-order valence-electron chi connectivity index (χ4n) is 3.97. The Balaban J connectivity index is 1.99. The average molecular weight is 410 g/mol. The average Bonchev–Trinajstić information content (AvgIpc) is 3.06. The first kappa shape index (κ1) is 25.3. The van der Waals surface area contributed by atoms with Crippen molar-refractivity contribution in [1.29, 1.82) is 0 Å². The van der Waals surface area contributed by atoms with E-state index in [4.69, 9.17) is 12.2 Å². The van der Waals surface area contributed by atoms with Crippen molar-refractivity contribution in [2.75, 3.05) is 6.54 Å². The molecule has 1 amide bonds. The van der Waals surface area contributed by atoms with Gasteiger partial charge in [-0.25, -0.2) is 0 Å². The number of likely N-dealkylation sites (tertiary alicyclic amines) is 1. The number of ketones is 1. The van der Waals surface area contributed by atoms with Gasteiger partial charge in [0.2, 0.25) is 5.91 Å². The SMILES string of the molecule is CCCCCCCCCCCCCCCC(=O)[C@@H]1CC(=S)N(C(=O)C(C)C)C1. The van der Waals surface area contributed by atoms with E-state index in [1.807, 2.05) is 13.8 Å². The zero-order valence-corrected chi connectivity index (χ0v) is 19.5. The molecule has 1 rings (SSSR count). The van der Waals surface area contributed by atoms with E-state index in [9.17, 15) is 9.59 Å². The van der Waals surface area contributed by atoms with Gasteiger partial charge in [-0.15, -0.1) is 0 Å². The Morgan fingerprint density at radius 1 is 0.893 bits per heavy atom. The normalized spacial score (nSPS) is 16.9. The van der Waals surface area contributed by atoms with Crippen LogP contribution in [0.2, 0.25) is 0 Å². The van der Waals surface area contributed by atoms with Crippen molar-refractivity contribution in [3.05, 3.63) is 0 Å². The van der Waals surface area contributed by atoms with Crippen LogP contribution in [0.25, 0.3) is 0 Å². The maximum absolute atomic E-state index is 12.4. The largest absolute Gasteiger partial charge is 0.306 e. The smallest absolute Gasteiger partial charge is 0.229 e. The molecule has 0 unspecified atom stereocenters. The van der Waals surface area contributed by atoms with Crippen LogP contribution in [0.3, 0.4) is 0 Å². The molecule has 0 spiro atoms. The molecule has 1 atom stereocenters. The van der Waals surface area contributed by atoms with Crippen molar-refractivity contribution in [3.8, 4) is 0 Å². The lowest BCUT2D eigenvalue weighted by atomic mass is 9.97. The van der Waals surface area contributed by atoms with Crippen LogP contribution in [-0.4, -0.2) is 28.1 Å². The lowest BCUT2D eigenvalue weighted by Crippen LogP contribution is -2.35. The standard InChI is InChI=1S/C24H43NO2S/c1-4-5-6-7-8-9-10-11-12-13-14-15-16-17-22(26)21-18-23(28)25(19-21)24(27)20(2)3/h20-21H,4-19H2,1-3H3/t21-/m1/s1. The van der Waals surface area contributed by atoms with E-state index >= 15 is 0 Å². The van der Waals surface area contributed by atoms with Crippen molar-refractivity contribution in [2.45, 2.75) is 117 Å². The summed E-state index contributed by atoms with van der Waals surface area (Å²) >= 11 is 5.32. The number of hydrogen-bond donors (Lipinski definition) is 0. The van der Waals surface area contributed by atoms with Crippen LogP contribution in [0.15, 0.2) is 0 Å². The van der Waals surface area contributed by atoms with Gasteiger partial charge in [-0.05, 0) is 6.42 Å². The van der Waals surface area contributed by atoms with Crippen LogP contribution >= 0.6 is 12.2 Å². The lowest BCUT2D eigenvalue weighted by Gasteiger charge is -2.18. The summed E-state index contributed by atoms with van der Waals surface area (Å²) in [5, 5.41) is 0. The van der Waals surface area contributed by atoms with E-state index in [0.29, 0.717) is 30.2 Å². The molecule has 0 aromatic carbocycles. The highest BCUT2D eigenvalue weighted by Crippen LogP contribution is 2.24. The minimum Gasteiger partial charge on any atom is -0.306 e. The summed E-state index contributed by atoms with van der Waals surface area (Å²) in [6.45, 7) is 6.54. The Bertz CT molecular complexity index is 475. The first-order valence-corrected chi connectivity index (χ1v) is 12.2. The number of carbonyl (C=O) groups excluding carboxylic acids is 2. The number of thiocarbonyl (C=S) groups is 1. The van der Waals surface area contributed by atoms with Gasteiger partial charge in [0.1, 0.15) is 5.78 Å². The van der Waals surface area contributed by atoms with Gasteiger partial charge >= 0.3 is 0 Å². The Kier molecular flexibility index (Phi) is 13.6. The zero-order valence-electron chi connectivity index (χ0n) is 18.6. The Labute approximate surface area is 179 Å². The quantitative estimate of drug-likeness (QED) is 0.206. The molecule has 1 aliphatic heterocycles. The third kappa shape index (κ3) is 10.1. The highest BCUT2D eigenvalue weighted by atomic mass is 32.1. The first-order chi connectivity index (χ1) is 13.5. The van der Waals surface area contributed by atoms with Gasteiger partial charge in [0, 0.05) is 31.2 Å². The number of rotatable bonds is 16. The highest BCUT2D eigenvalue weighted by Gasteiger charge is 2.35. The van der Waals surface area contributed by atoms with E-state index < -0.39 is 0 Å². The molecule has 0 saturated carbocycles. The minimum absolute atomic E-state index is 0.0567. The minimum atomic E-state index is -0.0625. The summed E-state index contributed by atoms with van der Waals surface area (Å²) in [5.41, 5.74) is 0. The molecular formula is C24H43NO2S. The number of Topliss-reactive ketones (excluding diaryl/α,β-unsaturated/α-hetero) is 1. The predicted molar refractivity (Wildman–Crippen MR) is 123 cm³/mol. The van der Waals surface area contributed by atoms with Crippen LogP contribution in [-0.2, 0) is 9.59 Å². The molecule has 0 N–H and O–H groups in total. The van der Waals surface area contributed by atoms with Crippen molar-refractivity contribution in [1.82, 2.24) is 4.90 Å². The van der Waals surface area contributed by atoms with Gasteiger partial charge in [-0.1, -0.05) is 110 Å². The fraction of sp³-hybridized carbons (Fsp3) is 0.875. The molecule has 1 heterocycles. The van der Waals surface area contributed by atoms with Crippen LogP contribution < -0.4 is 0 Å². The summed E-state index contributed by atoms with van der Waals surface area (Å²) in [6.07, 6.45) is 18.4. The topological polar surface area (TPSA) is 37.4 Å². The molecule has 1 fully saturated rings. The molecule has 0 aromatic heterocycles. The van der Waals surface area contributed by atoms with E-state index in [2.05, 4.69) is 6.92 Å². The summed E-state index contributed by atoms with van der Waals surface area (Å²) in [5.74, 6) is 0.228. The zero-order chi connectivity index (χ0) is 20.8. The van der Waals surface area contributed by atoms with Gasteiger partial charge < -0.3 is 4.90 Å². The summed E-state index contributed by atoms with van der Waals surface area (Å²) in [6, 6.07) is 0. The van der Waals surface area contributed by atoms with E-state index in [1.54, 1.807) is 4.90 Å². The van der Waals surface area contributed by atoms with Crippen LogP contribution in [0.1, 0.15) is 117 Å². The molecule has 4 heteroatoms. The molecule has 0 aromatic rings. The highest BCUT2D eigenvalue weighted by molar-refractivity contribution is 7.80. The molecule has 28 heavy (non-hydrogen) atoms. The number of amides is 1. The molecular weight excluding hydrogens is 366 g/mol. The van der Waals surface area contributed by atoms with E-state index in [0.717, 1.165) is 12.8 Å². The number of nitrogens with zero attached hydrogens (tertiary/aromatic N) is 1. The summed E-state index contributed by atoms with van der Waals surface area (Å²) in [7, 11) is 0. The van der Waals surface area contributed by atoms with Crippen molar-refractivity contribution < 1.29 is 9.59 Å². The first-order valence-electron chi connectivity index (χ1n) is 11.8. The van der Waals surface area contributed by atoms with Gasteiger partial charge in [-0.2, -0.15) is 0 Å². The molecule has 162 valence electrons. The Hall–Kier alpha value is -0.770. The third-order valence-electron chi connectivity index (χ3n) is 5.87. The van der Waals surface area contributed by atoms with E-state index in [1.165, 1.54) is 70.6 Å². The second kappa shape index (κ2) is 15.1. The second-order valence-corrected chi connectivity index (χ2v) is 9.33. The van der Waals surface area contributed by atoms with Crippen molar-refractivity contribution >= 4 is 28.9 Å². The maximum atomic E-state index is 12.4. The molecule has 1 aliphatic rings. The molecule has 0 bridgehead atoms. The van der Waals surface area contributed by atoms with E-state index in [-0.39, 0.29) is 17.7 Å². The maximum Gasteiger partial charge on any atom is 0.229 e. The third-order valence-corrected chi connectivity index (χ3v) is 6.25. The fourth-order valence-corrected chi connectivity index (χ4v) is 4.33. The number of carbonyl (C=O) groups is 2. The van der Waals surface area contributed by atoms with Crippen LogP contribution in [0.4, 0.5) is 0 Å². The van der Waals surface area contributed by atoms with Gasteiger partial charge in [0.25, 0.3) is 0 Å². The predicted octanol–water partition coefficient (Wildman–Crippen LogP) is 6.87. The molecule has 0 radical (unpaired) electrons.